The zero-order valence-corrected chi connectivity index (χ0v) is 16.1. The van der Waals surface area contributed by atoms with E-state index in [9.17, 15) is 9.59 Å². The van der Waals surface area contributed by atoms with Gasteiger partial charge in [0.15, 0.2) is 0 Å². The smallest absolute Gasteiger partial charge is 0.340 e. The highest BCUT2D eigenvalue weighted by molar-refractivity contribution is 5.96. The Labute approximate surface area is 169 Å². The van der Waals surface area contributed by atoms with Gasteiger partial charge in [0.25, 0.3) is 5.91 Å². The van der Waals surface area contributed by atoms with Crippen LogP contribution in [0.2, 0.25) is 0 Å². The maximum Gasteiger partial charge on any atom is 0.340 e. The van der Waals surface area contributed by atoms with Crippen molar-refractivity contribution in [3.05, 3.63) is 83.7 Å². The number of benzene rings is 2. The van der Waals surface area contributed by atoms with Gasteiger partial charge < -0.3 is 15.4 Å². The van der Waals surface area contributed by atoms with Crippen LogP contribution in [0.3, 0.4) is 0 Å². The maximum absolute atomic E-state index is 12.2. The fraction of sp³-hybridized carbons (Fsp3) is 0.182. The summed E-state index contributed by atoms with van der Waals surface area (Å²) in [7, 11) is 0. The molecule has 0 aliphatic rings. The van der Waals surface area contributed by atoms with Gasteiger partial charge in [-0.1, -0.05) is 42.5 Å². The summed E-state index contributed by atoms with van der Waals surface area (Å²) in [5.74, 6) is -0.382. The third-order valence-electron chi connectivity index (χ3n) is 4.12. The highest BCUT2D eigenvalue weighted by Gasteiger charge is 2.13. The van der Waals surface area contributed by atoms with Gasteiger partial charge in [0.1, 0.15) is 0 Å². The zero-order chi connectivity index (χ0) is 20.5. The summed E-state index contributed by atoms with van der Waals surface area (Å²) in [4.78, 5) is 32.6. The van der Waals surface area contributed by atoms with E-state index in [4.69, 9.17) is 4.74 Å². The highest BCUT2D eigenvalue weighted by atomic mass is 16.5. The first-order valence-electron chi connectivity index (χ1n) is 9.34. The normalized spacial score (nSPS) is 10.2. The van der Waals surface area contributed by atoms with Crippen LogP contribution in [-0.4, -0.2) is 35.0 Å². The molecule has 1 aromatic heterocycles. The molecule has 1 amide bonds. The number of hydrogen-bond donors (Lipinski definition) is 2. The zero-order valence-electron chi connectivity index (χ0n) is 16.1. The second-order valence-corrected chi connectivity index (χ2v) is 6.18. The summed E-state index contributed by atoms with van der Waals surface area (Å²) < 4.78 is 5.05. The Hall–Kier alpha value is -3.74. The number of amides is 1. The van der Waals surface area contributed by atoms with Gasteiger partial charge in [-0.15, -0.1) is 0 Å². The van der Waals surface area contributed by atoms with Gasteiger partial charge in [-0.3, -0.25) is 4.79 Å². The maximum atomic E-state index is 12.2. The van der Waals surface area contributed by atoms with E-state index in [1.165, 1.54) is 12.4 Å². The number of ether oxygens (including phenoxy) is 1. The molecule has 0 radical (unpaired) electrons. The van der Waals surface area contributed by atoms with Crippen LogP contribution in [0.4, 0.5) is 11.6 Å². The van der Waals surface area contributed by atoms with Gasteiger partial charge in [-0.2, -0.15) is 0 Å². The quantitative estimate of drug-likeness (QED) is 0.573. The number of carbonyl (C=O) groups is 2. The lowest BCUT2D eigenvalue weighted by Crippen LogP contribution is -2.26. The molecule has 148 valence electrons. The third-order valence-corrected chi connectivity index (χ3v) is 4.12. The molecule has 2 N–H and O–H groups in total. The van der Waals surface area contributed by atoms with Gasteiger partial charge in [-0.25, -0.2) is 14.8 Å². The van der Waals surface area contributed by atoms with Crippen LogP contribution in [0.1, 0.15) is 33.2 Å². The van der Waals surface area contributed by atoms with Crippen molar-refractivity contribution in [2.24, 2.45) is 0 Å². The topological polar surface area (TPSA) is 93.2 Å². The molecule has 7 heteroatoms. The standard InChI is InChI=1S/C22H22N4O3/c1-2-29-21(28)18-10-6-7-11-19(18)26-22-24-14-17(15-25-22)20(27)23-13-12-16-8-4-3-5-9-16/h3-11,14-15H,2,12-13H2,1H3,(H,23,27)(H,24,25,26). The lowest BCUT2D eigenvalue weighted by atomic mass is 10.1. The average molecular weight is 390 g/mol. The Balaban J connectivity index is 1.59. The predicted molar refractivity (Wildman–Crippen MR) is 110 cm³/mol. The van der Waals surface area contributed by atoms with Gasteiger partial charge >= 0.3 is 5.97 Å². The van der Waals surface area contributed by atoms with Crippen LogP contribution in [0.25, 0.3) is 0 Å². The van der Waals surface area contributed by atoms with E-state index in [1.807, 2.05) is 30.3 Å². The van der Waals surface area contributed by atoms with Crippen LogP contribution >= 0.6 is 0 Å². The SMILES string of the molecule is CCOC(=O)c1ccccc1Nc1ncc(C(=O)NCCc2ccccc2)cn1. The highest BCUT2D eigenvalue weighted by Crippen LogP contribution is 2.19. The van der Waals surface area contributed by atoms with Crippen molar-refractivity contribution in [3.63, 3.8) is 0 Å². The van der Waals surface area contributed by atoms with Crippen molar-refractivity contribution in [2.45, 2.75) is 13.3 Å². The minimum Gasteiger partial charge on any atom is -0.462 e. The van der Waals surface area contributed by atoms with Crippen molar-refractivity contribution >= 4 is 23.5 Å². The molecule has 0 aliphatic heterocycles. The molecule has 29 heavy (non-hydrogen) atoms. The largest absolute Gasteiger partial charge is 0.462 e. The van der Waals surface area contributed by atoms with Crippen LogP contribution in [-0.2, 0) is 11.2 Å². The van der Waals surface area contributed by atoms with Crippen molar-refractivity contribution in [1.82, 2.24) is 15.3 Å². The Morgan fingerprint density at radius 3 is 2.38 bits per heavy atom. The van der Waals surface area contributed by atoms with Gasteiger partial charge in [0.2, 0.25) is 5.95 Å². The molecule has 0 aliphatic carbocycles. The van der Waals surface area contributed by atoms with Crippen LogP contribution in [0.5, 0.6) is 0 Å². The van der Waals surface area contributed by atoms with Crippen LogP contribution in [0.15, 0.2) is 67.0 Å². The lowest BCUT2D eigenvalue weighted by Gasteiger charge is -2.10. The molecule has 3 aromatic rings. The van der Waals surface area contributed by atoms with Crippen LogP contribution < -0.4 is 10.6 Å². The molecular formula is C22H22N4O3. The Morgan fingerprint density at radius 1 is 0.966 bits per heavy atom. The van der Waals surface area contributed by atoms with Crippen molar-refractivity contribution in [3.8, 4) is 0 Å². The number of nitrogens with zero attached hydrogens (tertiary/aromatic N) is 2. The summed E-state index contributed by atoms with van der Waals surface area (Å²) in [6.45, 7) is 2.56. The molecule has 7 nitrogen and oxygen atoms in total. The third kappa shape index (κ3) is 5.62. The van der Waals surface area contributed by atoms with E-state index >= 15 is 0 Å². The molecule has 3 rings (SSSR count). The number of rotatable bonds is 8. The molecule has 2 aromatic carbocycles. The van der Waals surface area contributed by atoms with Gasteiger partial charge in [0, 0.05) is 18.9 Å². The number of para-hydroxylation sites is 1. The lowest BCUT2D eigenvalue weighted by molar-refractivity contribution is 0.0527. The average Bonchev–Trinajstić information content (AvgIpc) is 2.75. The van der Waals surface area contributed by atoms with Gasteiger partial charge in [0.05, 0.1) is 23.4 Å². The Kier molecular flexibility index (Phi) is 6.89. The molecule has 0 unspecified atom stereocenters. The number of anilines is 2. The molecule has 1 heterocycles. The monoisotopic (exact) mass is 390 g/mol. The number of aromatic nitrogens is 2. The summed E-state index contributed by atoms with van der Waals surface area (Å²) in [6, 6.07) is 16.9. The van der Waals surface area contributed by atoms with Crippen molar-refractivity contribution in [2.75, 3.05) is 18.5 Å². The summed E-state index contributed by atoms with van der Waals surface area (Å²) >= 11 is 0. The second kappa shape index (κ2) is 9.98. The molecule has 0 saturated heterocycles. The predicted octanol–water partition coefficient (Wildman–Crippen LogP) is 3.37. The van der Waals surface area contributed by atoms with Gasteiger partial charge in [-0.05, 0) is 31.0 Å². The summed E-state index contributed by atoms with van der Waals surface area (Å²) in [5, 5.41) is 5.84. The number of esters is 1. The Morgan fingerprint density at radius 2 is 1.66 bits per heavy atom. The van der Waals surface area contributed by atoms with E-state index in [1.54, 1.807) is 31.2 Å². The van der Waals surface area contributed by atoms with E-state index in [-0.39, 0.29) is 18.5 Å². The molecule has 0 atom stereocenters. The van der Waals surface area contributed by atoms with Crippen LogP contribution in [0, 0.1) is 0 Å². The summed E-state index contributed by atoms with van der Waals surface area (Å²) in [6.07, 6.45) is 3.64. The molecule has 0 spiro atoms. The minimum atomic E-state index is -0.426. The fourth-order valence-corrected chi connectivity index (χ4v) is 2.68. The van der Waals surface area contributed by atoms with Crippen molar-refractivity contribution in [1.29, 1.82) is 0 Å². The molecule has 0 bridgehead atoms. The van der Waals surface area contributed by atoms with E-state index in [0.717, 1.165) is 12.0 Å². The molecular weight excluding hydrogens is 368 g/mol. The summed E-state index contributed by atoms with van der Waals surface area (Å²) in [5.41, 5.74) is 2.44. The number of nitrogens with one attached hydrogen (secondary N) is 2. The molecule has 0 fully saturated rings. The van der Waals surface area contributed by atoms with E-state index in [2.05, 4.69) is 20.6 Å². The first kappa shape index (κ1) is 20.0. The first-order valence-corrected chi connectivity index (χ1v) is 9.34. The first-order chi connectivity index (χ1) is 14.2. The second-order valence-electron chi connectivity index (χ2n) is 6.18. The fourth-order valence-electron chi connectivity index (χ4n) is 2.68. The minimum absolute atomic E-state index is 0.237. The van der Waals surface area contributed by atoms with Crippen molar-refractivity contribution < 1.29 is 14.3 Å². The van der Waals surface area contributed by atoms with E-state index < -0.39 is 5.97 Å². The van der Waals surface area contributed by atoms with E-state index in [0.29, 0.717) is 23.4 Å². The number of carbonyl (C=O) groups excluding carboxylic acids is 2. The molecule has 0 saturated carbocycles. The Bertz CT molecular complexity index is 959. The number of hydrogen-bond acceptors (Lipinski definition) is 6.